The van der Waals surface area contributed by atoms with Crippen LogP contribution < -0.4 is 0 Å². The predicted molar refractivity (Wildman–Crippen MR) is 250 cm³/mol. The summed E-state index contributed by atoms with van der Waals surface area (Å²) >= 11 is 37.8. The van der Waals surface area contributed by atoms with Gasteiger partial charge < -0.3 is 119 Å². The van der Waals surface area contributed by atoms with E-state index < -0.39 is 0 Å². The Bertz CT molecular complexity index is 669. The third-order valence-corrected chi connectivity index (χ3v) is 7.50. The molecular weight excluding hydrogens is 905 g/mol. The van der Waals surface area contributed by atoms with Crippen LogP contribution in [0.3, 0.4) is 0 Å². The molecule has 53 heavy (non-hydrogen) atoms. The van der Waals surface area contributed by atoms with E-state index in [0.717, 1.165) is 155 Å². The summed E-state index contributed by atoms with van der Waals surface area (Å²) in [4.78, 5) is 20.9. The summed E-state index contributed by atoms with van der Waals surface area (Å²) in [6.07, 6.45) is 18.3. The minimum atomic E-state index is 0. The fourth-order valence-corrected chi connectivity index (χ4v) is 4.75. The van der Waals surface area contributed by atoms with E-state index in [-0.39, 0.29) is 38.6 Å². The first-order valence-electron chi connectivity index (χ1n) is 19.4. The second kappa shape index (κ2) is 51.0. The Morgan fingerprint density at radius 1 is 0.321 bits per heavy atom. The van der Waals surface area contributed by atoms with Crippen LogP contribution in [0.4, 0.5) is 0 Å². The molecule has 0 aliphatic rings. The monoisotopic (exact) mass is 978 g/mol. The quantitative estimate of drug-likeness (QED) is 0.0323. The summed E-state index contributed by atoms with van der Waals surface area (Å²) in [6.45, 7) is 24.6. The Kier molecular flexibility index (Phi) is 60.7. The minimum absolute atomic E-state index is 0. The molecule has 0 radical (unpaired) electrons. The molecule has 0 bridgehead atoms. The van der Waals surface area contributed by atoms with Crippen molar-refractivity contribution in [2.75, 3.05) is 52.4 Å². The number of hydrogen-bond donors (Lipinski definition) is 0. The first kappa shape index (κ1) is 63.1. The van der Waals surface area contributed by atoms with Crippen molar-refractivity contribution in [1.82, 2.24) is 20.3 Å². The first-order valence-corrected chi connectivity index (χ1v) is 22.6. The van der Waals surface area contributed by atoms with Gasteiger partial charge in [-0.3, -0.25) is 0 Å². The molecule has 0 amide bonds. The molecule has 314 valence electrons. The summed E-state index contributed by atoms with van der Waals surface area (Å²) in [7, 11) is 0. The molecule has 0 unspecified atom stereocenters. The van der Waals surface area contributed by atoms with Crippen molar-refractivity contribution in [2.45, 2.75) is 158 Å². The van der Waals surface area contributed by atoms with E-state index >= 15 is 0 Å². The van der Waals surface area contributed by atoms with E-state index in [2.05, 4.69) is 55.4 Å². The van der Waals surface area contributed by atoms with Gasteiger partial charge in [0.2, 0.25) is 0 Å². The Morgan fingerprint density at radius 2 is 0.434 bits per heavy atom. The van der Waals surface area contributed by atoms with E-state index in [4.69, 9.17) is 119 Å². The summed E-state index contributed by atoms with van der Waals surface area (Å²) in [5.74, 6) is 0. The number of nitrogens with zero attached hydrogens (tertiary/aromatic N) is 4. The molecule has 0 atom stereocenters. The average molecular weight is 977 g/mol. The second-order valence-electron chi connectivity index (χ2n) is 11.9. The van der Waals surface area contributed by atoms with Crippen LogP contribution in [0.5, 0.6) is 0 Å². The Morgan fingerprint density at radius 3 is 0.509 bits per heavy atom. The van der Waals surface area contributed by atoms with Gasteiger partial charge in [-0.25, -0.2) is 0 Å². The number of hydrogen-bond acceptors (Lipinski definition) is 16. The average Bonchev–Trinajstić information content (AvgIpc) is 3.09. The zero-order chi connectivity index (χ0) is 40.4. The van der Waals surface area contributed by atoms with Gasteiger partial charge in [0.05, 0.1) is 17.5 Å². The molecule has 0 rings (SSSR count). The minimum Gasteiger partial charge on any atom is -0.426 e. The van der Waals surface area contributed by atoms with Gasteiger partial charge in [0.25, 0.3) is 0 Å². The largest absolute Gasteiger partial charge is 4.00 e. The normalized spacial score (nSPS) is 10.2. The maximum absolute atomic E-state index is 5.23. The van der Waals surface area contributed by atoms with Crippen molar-refractivity contribution in [2.24, 2.45) is 0 Å². The maximum Gasteiger partial charge on any atom is 4.00 e. The maximum atomic E-state index is 5.23. The van der Waals surface area contributed by atoms with Crippen molar-refractivity contribution < 1.29 is 40.4 Å². The molecule has 0 aliphatic carbocycles. The molecule has 8 nitrogen and oxygen atoms in total. The molecule has 0 heterocycles. The topological polar surface area (TPSA) is 49.9 Å². The van der Waals surface area contributed by atoms with Crippen molar-refractivity contribution in [3.8, 4) is 0 Å². The van der Waals surface area contributed by atoms with Gasteiger partial charge in [0.1, 0.15) is 0 Å². The summed E-state index contributed by atoms with van der Waals surface area (Å²) in [5, 5.41) is 7.51. The number of unbranched alkanes of at least 4 members (excludes halogenated alkanes) is 8. The van der Waals surface area contributed by atoms with Crippen LogP contribution in [0, 0.1) is 0 Å². The van der Waals surface area contributed by atoms with Crippen molar-refractivity contribution >= 4 is 117 Å². The molecular formula is C36H72MoN4O4S8. The van der Waals surface area contributed by atoms with Gasteiger partial charge in [-0.2, -0.15) is 0 Å². The van der Waals surface area contributed by atoms with Crippen molar-refractivity contribution in [1.29, 1.82) is 0 Å². The molecule has 0 saturated heterocycles. The van der Waals surface area contributed by atoms with E-state index in [1.807, 2.05) is 20.3 Å². The van der Waals surface area contributed by atoms with E-state index in [1.165, 1.54) is 0 Å². The van der Waals surface area contributed by atoms with Crippen LogP contribution >= 0.6 is 48.9 Å². The van der Waals surface area contributed by atoms with Crippen molar-refractivity contribution in [3.05, 3.63) is 0 Å². The zero-order valence-corrected chi connectivity index (χ0v) is 42.6. The smallest absolute Gasteiger partial charge is 0.426 e. The van der Waals surface area contributed by atoms with Gasteiger partial charge in [-0.05, 0) is 51.4 Å². The van der Waals surface area contributed by atoms with Crippen LogP contribution in [0.25, 0.3) is 0 Å². The summed E-state index contributed by atoms with van der Waals surface area (Å²) in [6, 6.07) is 0. The number of thiocarbonyl (C=S) groups is 4. The standard InChI is InChI=1S/4C9H19NOS2.Mo/c4*1-3-5-7-10(8-6-4-2)11-9(12)13;/h4*3-8H2,1-2H3,(H,12,13);/q;;;;+4/p-4. The Balaban J connectivity index is -0.000000192. The number of hydroxylamine groups is 8. The van der Waals surface area contributed by atoms with Gasteiger partial charge in [-0.1, -0.05) is 107 Å². The third-order valence-electron chi connectivity index (χ3n) is 6.90. The van der Waals surface area contributed by atoms with Crippen LogP contribution in [-0.2, 0) is 90.9 Å². The SMILES string of the molecule is CCCCN(CCCC)OC(=S)[S-].CCCCN(CCCC)OC(=S)[S-].CCCCN(CCCC)OC(=S)[S-].CCCCN(CCCC)OC(=S)[S-].[Mo+4]. The number of rotatable bonds is 28. The Hall–Kier alpha value is 0.968. The van der Waals surface area contributed by atoms with Gasteiger partial charge in [0.15, 0.2) is 0 Å². The van der Waals surface area contributed by atoms with Crippen LogP contribution in [-0.4, -0.2) is 90.1 Å². The van der Waals surface area contributed by atoms with Gasteiger partial charge >= 0.3 is 21.1 Å². The fraction of sp³-hybridized carbons (Fsp3) is 0.889. The van der Waals surface area contributed by atoms with Gasteiger partial charge in [0, 0.05) is 52.4 Å². The summed E-state index contributed by atoms with van der Waals surface area (Å²) in [5.41, 5.74) is 0. The van der Waals surface area contributed by atoms with Crippen LogP contribution in [0.1, 0.15) is 158 Å². The van der Waals surface area contributed by atoms with Gasteiger partial charge in [-0.15, -0.1) is 20.3 Å². The molecule has 0 aromatic carbocycles. The predicted octanol–water partition coefficient (Wildman–Crippen LogP) is 10.6. The summed E-state index contributed by atoms with van der Waals surface area (Å²) < 4.78 is 0.804. The van der Waals surface area contributed by atoms with E-state index in [1.54, 1.807) is 0 Å². The van der Waals surface area contributed by atoms with Crippen molar-refractivity contribution in [3.63, 3.8) is 0 Å². The molecule has 0 aromatic heterocycles. The molecule has 0 aromatic rings. The molecule has 0 spiro atoms. The zero-order valence-electron chi connectivity index (χ0n) is 34.1. The molecule has 0 fully saturated rings. The van der Waals surface area contributed by atoms with Crippen LogP contribution in [0.15, 0.2) is 0 Å². The van der Waals surface area contributed by atoms with E-state index in [0.29, 0.717) is 0 Å². The van der Waals surface area contributed by atoms with Crippen LogP contribution in [0.2, 0.25) is 0 Å². The molecule has 0 N–H and O–H groups in total. The Labute approximate surface area is 384 Å². The van der Waals surface area contributed by atoms with E-state index in [9.17, 15) is 0 Å². The molecule has 0 aliphatic heterocycles. The molecule has 17 heteroatoms. The second-order valence-corrected chi connectivity index (χ2v) is 15.9. The fourth-order valence-electron chi connectivity index (χ4n) is 3.91. The third kappa shape index (κ3) is 57.4. The first-order chi connectivity index (χ1) is 24.8. The molecule has 0 saturated carbocycles.